The lowest BCUT2D eigenvalue weighted by Gasteiger charge is -2.21. The number of hydrogen-bond donors (Lipinski definition) is 2. The molecule has 2 aromatic carbocycles. The standard InChI is InChI=1S/C24H25ClN2O5/c1-14(2)21-19(27-22(31-21)17-7-5-6-8-18(17)25)13-20(28)26-15-9-11-16(12-10-15)32-24(3,4)23(29)30/h5-12,14H,13H2,1-4H3,(H,26,28)(H,29,30). The van der Waals surface area contributed by atoms with Gasteiger partial charge in [-0.3, -0.25) is 4.79 Å². The first-order valence-corrected chi connectivity index (χ1v) is 10.5. The third-order valence-electron chi connectivity index (χ3n) is 4.71. The first kappa shape index (κ1) is 23.3. The van der Waals surface area contributed by atoms with E-state index in [9.17, 15) is 9.59 Å². The topological polar surface area (TPSA) is 102 Å². The minimum absolute atomic E-state index is 0.0335. The summed E-state index contributed by atoms with van der Waals surface area (Å²) in [5, 5.41) is 12.5. The highest BCUT2D eigenvalue weighted by atomic mass is 35.5. The molecular formula is C24H25ClN2O5. The van der Waals surface area contributed by atoms with Crippen LogP contribution in [0.5, 0.6) is 5.75 Å². The van der Waals surface area contributed by atoms with E-state index in [1.54, 1.807) is 30.3 Å². The molecule has 0 saturated heterocycles. The number of ether oxygens (including phenoxy) is 1. The fourth-order valence-electron chi connectivity index (χ4n) is 2.99. The molecule has 3 rings (SSSR count). The van der Waals surface area contributed by atoms with Gasteiger partial charge >= 0.3 is 5.97 Å². The van der Waals surface area contributed by atoms with Gasteiger partial charge in [0, 0.05) is 11.6 Å². The summed E-state index contributed by atoms with van der Waals surface area (Å²) in [6.45, 7) is 6.86. The maximum Gasteiger partial charge on any atom is 0.347 e. The van der Waals surface area contributed by atoms with Gasteiger partial charge in [-0.2, -0.15) is 0 Å². The van der Waals surface area contributed by atoms with Crippen LogP contribution in [0.2, 0.25) is 5.02 Å². The number of amides is 1. The monoisotopic (exact) mass is 456 g/mol. The van der Waals surface area contributed by atoms with Gasteiger partial charge in [0.2, 0.25) is 11.8 Å². The Hall–Kier alpha value is -3.32. The molecule has 2 N–H and O–H groups in total. The van der Waals surface area contributed by atoms with Crippen LogP contribution < -0.4 is 10.1 Å². The van der Waals surface area contributed by atoms with Crippen molar-refractivity contribution in [3.8, 4) is 17.2 Å². The van der Waals surface area contributed by atoms with Gasteiger partial charge < -0.3 is 19.6 Å². The van der Waals surface area contributed by atoms with Crippen LogP contribution in [0.4, 0.5) is 5.69 Å². The maximum atomic E-state index is 12.6. The van der Waals surface area contributed by atoms with Gasteiger partial charge in [0.25, 0.3) is 0 Å². The van der Waals surface area contributed by atoms with Crippen LogP contribution in [0.3, 0.4) is 0 Å². The zero-order chi connectivity index (χ0) is 23.5. The second-order valence-corrected chi connectivity index (χ2v) is 8.54. The van der Waals surface area contributed by atoms with E-state index in [0.717, 1.165) is 0 Å². The summed E-state index contributed by atoms with van der Waals surface area (Å²) in [4.78, 5) is 28.4. The Balaban J connectivity index is 1.72. The quantitative estimate of drug-likeness (QED) is 0.461. The molecule has 0 atom stereocenters. The van der Waals surface area contributed by atoms with Gasteiger partial charge in [0.1, 0.15) is 11.5 Å². The predicted octanol–water partition coefficient (Wildman–Crippen LogP) is 5.54. The summed E-state index contributed by atoms with van der Waals surface area (Å²) < 4.78 is 11.4. The van der Waals surface area contributed by atoms with E-state index in [1.807, 2.05) is 32.0 Å². The van der Waals surface area contributed by atoms with Crippen molar-refractivity contribution in [2.24, 2.45) is 0 Å². The van der Waals surface area contributed by atoms with Crippen LogP contribution in [0.25, 0.3) is 11.5 Å². The summed E-state index contributed by atoms with van der Waals surface area (Å²) in [7, 11) is 0. The van der Waals surface area contributed by atoms with Gasteiger partial charge in [-0.25, -0.2) is 9.78 Å². The number of nitrogens with zero attached hydrogens (tertiary/aromatic N) is 1. The molecule has 0 bridgehead atoms. The summed E-state index contributed by atoms with van der Waals surface area (Å²) in [5.41, 5.74) is 0.416. The van der Waals surface area contributed by atoms with Gasteiger partial charge in [-0.1, -0.05) is 37.6 Å². The zero-order valence-corrected chi connectivity index (χ0v) is 19.1. The van der Waals surface area contributed by atoms with E-state index in [1.165, 1.54) is 13.8 Å². The molecule has 1 heterocycles. The summed E-state index contributed by atoms with van der Waals surface area (Å²) in [6, 6.07) is 13.7. The van der Waals surface area contributed by atoms with Crippen LogP contribution in [0.1, 0.15) is 45.1 Å². The molecule has 1 amide bonds. The number of rotatable bonds is 8. The highest BCUT2D eigenvalue weighted by Crippen LogP contribution is 2.31. The summed E-state index contributed by atoms with van der Waals surface area (Å²) >= 11 is 6.26. The molecule has 0 aliphatic carbocycles. The van der Waals surface area contributed by atoms with Crippen molar-refractivity contribution in [1.29, 1.82) is 0 Å². The number of aliphatic carboxylic acids is 1. The van der Waals surface area contributed by atoms with Crippen LogP contribution in [0, 0.1) is 0 Å². The minimum Gasteiger partial charge on any atom is -0.478 e. The second-order valence-electron chi connectivity index (χ2n) is 8.13. The smallest absolute Gasteiger partial charge is 0.347 e. The molecular weight excluding hydrogens is 432 g/mol. The van der Waals surface area contributed by atoms with Crippen molar-refractivity contribution >= 4 is 29.2 Å². The molecule has 0 spiro atoms. The number of oxazole rings is 1. The lowest BCUT2D eigenvalue weighted by Crippen LogP contribution is -2.37. The SMILES string of the molecule is CC(C)c1oc(-c2ccccc2Cl)nc1CC(=O)Nc1ccc(OC(C)(C)C(=O)O)cc1. The van der Waals surface area contributed by atoms with Gasteiger partial charge in [-0.15, -0.1) is 0 Å². The van der Waals surface area contributed by atoms with Crippen molar-refractivity contribution in [2.75, 3.05) is 5.32 Å². The fourth-order valence-corrected chi connectivity index (χ4v) is 3.21. The normalized spacial score (nSPS) is 11.4. The zero-order valence-electron chi connectivity index (χ0n) is 18.3. The van der Waals surface area contributed by atoms with Gasteiger partial charge in [0.05, 0.1) is 22.7 Å². The molecule has 0 radical (unpaired) electrons. The molecule has 32 heavy (non-hydrogen) atoms. The third kappa shape index (κ3) is 5.48. The lowest BCUT2D eigenvalue weighted by molar-refractivity contribution is -0.152. The van der Waals surface area contributed by atoms with Crippen molar-refractivity contribution in [1.82, 2.24) is 4.98 Å². The molecule has 0 fully saturated rings. The Labute approximate surface area is 191 Å². The van der Waals surface area contributed by atoms with Gasteiger partial charge in [0.15, 0.2) is 5.60 Å². The Morgan fingerprint density at radius 1 is 1.16 bits per heavy atom. The average molecular weight is 457 g/mol. The molecule has 7 nitrogen and oxygen atoms in total. The second kappa shape index (κ2) is 9.44. The molecule has 0 saturated carbocycles. The summed E-state index contributed by atoms with van der Waals surface area (Å²) in [5.74, 6) is 0.110. The number of anilines is 1. The highest BCUT2D eigenvalue weighted by Gasteiger charge is 2.29. The number of carboxylic acid groups (broad SMARTS) is 1. The highest BCUT2D eigenvalue weighted by molar-refractivity contribution is 6.33. The number of aromatic nitrogens is 1. The first-order chi connectivity index (χ1) is 15.1. The Morgan fingerprint density at radius 3 is 2.41 bits per heavy atom. The number of nitrogens with one attached hydrogen (secondary N) is 1. The first-order valence-electron chi connectivity index (χ1n) is 10.1. The average Bonchev–Trinajstić information content (AvgIpc) is 3.13. The van der Waals surface area contributed by atoms with Gasteiger partial charge in [-0.05, 0) is 50.2 Å². The van der Waals surface area contributed by atoms with Crippen LogP contribution in [-0.4, -0.2) is 27.6 Å². The molecule has 0 aliphatic rings. The van der Waals surface area contributed by atoms with Crippen molar-refractivity contribution in [2.45, 2.75) is 45.6 Å². The minimum atomic E-state index is -1.36. The van der Waals surface area contributed by atoms with Crippen LogP contribution in [0.15, 0.2) is 52.9 Å². The number of hydrogen-bond acceptors (Lipinski definition) is 5. The number of carbonyl (C=O) groups is 2. The Bertz CT molecular complexity index is 1120. The maximum absolute atomic E-state index is 12.6. The lowest BCUT2D eigenvalue weighted by atomic mass is 10.1. The molecule has 168 valence electrons. The van der Waals surface area contributed by atoms with E-state index in [4.69, 9.17) is 25.9 Å². The third-order valence-corrected chi connectivity index (χ3v) is 5.04. The number of carbonyl (C=O) groups excluding carboxylic acids is 1. The van der Waals surface area contributed by atoms with E-state index in [-0.39, 0.29) is 18.2 Å². The van der Waals surface area contributed by atoms with Crippen LogP contribution >= 0.6 is 11.6 Å². The van der Waals surface area contributed by atoms with Crippen molar-refractivity contribution in [3.05, 3.63) is 65.0 Å². The molecule has 3 aromatic rings. The predicted molar refractivity (Wildman–Crippen MR) is 122 cm³/mol. The van der Waals surface area contributed by atoms with E-state index in [2.05, 4.69) is 10.3 Å². The Morgan fingerprint density at radius 2 is 1.81 bits per heavy atom. The van der Waals surface area contributed by atoms with Crippen molar-refractivity contribution < 1.29 is 23.8 Å². The Kier molecular flexibility index (Phi) is 6.89. The largest absolute Gasteiger partial charge is 0.478 e. The summed E-state index contributed by atoms with van der Waals surface area (Å²) in [6.07, 6.45) is 0.0335. The molecule has 8 heteroatoms. The van der Waals surface area contributed by atoms with E-state index < -0.39 is 11.6 Å². The van der Waals surface area contributed by atoms with E-state index >= 15 is 0 Å². The number of benzene rings is 2. The molecule has 0 aliphatic heterocycles. The fraction of sp³-hybridized carbons (Fsp3) is 0.292. The van der Waals surface area contributed by atoms with E-state index in [0.29, 0.717) is 39.4 Å². The number of halogens is 1. The number of carboxylic acids is 1. The molecule has 1 aromatic heterocycles. The van der Waals surface area contributed by atoms with Crippen molar-refractivity contribution in [3.63, 3.8) is 0 Å². The molecule has 0 unspecified atom stereocenters. The van der Waals surface area contributed by atoms with Crippen LogP contribution in [-0.2, 0) is 16.0 Å².